The maximum Gasteiger partial charge on any atom is 0.333 e. The molecule has 15 heavy (non-hydrogen) atoms. The summed E-state index contributed by atoms with van der Waals surface area (Å²) in [7, 11) is 0. The quantitative estimate of drug-likeness (QED) is 0.547. The van der Waals surface area contributed by atoms with Gasteiger partial charge in [-0.3, -0.25) is 0 Å². The minimum atomic E-state index is -0.218. The standard InChI is InChI=1S/C10H15NO2S2/c1-3-13-9(12)6-8-11-4-5-14-10(11)7(2)15-8/h6-7,10H,3-5H2,1-2H3/b8-6-. The van der Waals surface area contributed by atoms with Gasteiger partial charge in [-0.15, -0.1) is 23.5 Å². The molecule has 84 valence electrons. The van der Waals surface area contributed by atoms with Crippen LogP contribution in [0.3, 0.4) is 0 Å². The third-order valence-corrected chi connectivity index (χ3v) is 5.27. The van der Waals surface area contributed by atoms with Gasteiger partial charge in [-0.25, -0.2) is 4.79 Å². The normalized spacial score (nSPS) is 32.1. The van der Waals surface area contributed by atoms with Crippen molar-refractivity contribution in [2.45, 2.75) is 24.5 Å². The lowest BCUT2D eigenvalue weighted by atomic mass is 10.4. The summed E-state index contributed by atoms with van der Waals surface area (Å²) in [6, 6.07) is 0. The first-order chi connectivity index (χ1) is 7.22. The molecule has 0 radical (unpaired) electrons. The minimum Gasteiger partial charge on any atom is -0.463 e. The Balaban J connectivity index is 2.07. The zero-order valence-electron chi connectivity index (χ0n) is 8.93. The monoisotopic (exact) mass is 245 g/mol. The molecule has 0 saturated carbocycles. The van der Waals surface area contributed by atoms with Crippen molar-refractivity contribution in [3.05, 3.63) is 11.1 Å². The van der Waals surface area contributed by atoms with Gasteiger partial charge in [0.1, 0.15) is 0 Å². The van der Waals surface area contributed by atoms with Crippen molar-refractivity contribution in [3.63, 3.8) is 0 Å². The molecule has 3 nitrogen and oxygen atoms in total. The van der Waals surface area contributed by atoms with Crippen molar-refractivity contribution in [3.8, 4) is 0 Å². The van der Waals surface area contributed by atoms with E-state index in [0.717, 1.165) is 17.3 Å². The highest BCUT2D eigenvalue weighted by Crippen LogP contribution is 2.46. The summed E-state index contributed by atoms with van der Waals surface area (Å²) in [5.74, 6) is 0.945. The number of rotatable bonds is 2. The van der Waals surface area contributed by atoms with Crippen LogP contribution in [0, 0.1) is 0 Å². The van der Waals surface area contributed by atoms with Crippen molar-refractivity contribution in [2.75, 3.05) is 18.9 Å². The molecule has 0 bridgehead atoms. The molecule has 2 heterocycles. The first-order valence-corrected chi connectivity index (χ1v) is 7.08. The van der Waals surface area contributed by atoms with Crippen LogP contribution < -0.4 is 0 Å². The lowest BCUT2D eigenvalue weighted by Crippen LogP contribution is -2.25. The fourth-order valence-corrected chi connectivity index (χ4v) is 4.66. The number of carbonyl (C=O) groups excluding carboxylic acids is 1. The van der Waals surface area contributed by atoms with Crippen LogP contribution >= 0.6 is 23.5 Å². The van der Waals surface area contributed by atoms with Crippen molar-refractivity contribution >= 4 is 29.5 Å². The summed E-state index contributed by atoms with van der Waals surface area (Å²) in [5, 5.41) is 2.20. The van der Waals surface area contributed by atoms with Crippen LogP contribution in [0.5, 0.6) is 0 Å². The van der Waals surface area contributed by atoms with E-state index in [1.807, 2.05) is 18.7 Å². The Hall–Kier alpha value is -0.290. The lowest BCUT2D eigenvalue weighted by molar-refractivity contribution is -0.137. The van der Waals surface area contributed by atoms with Gasteiger partial charge in [0.2, 0.25) is 0 Å². The Morgan fingerprint density at radius 3 is 3.27 bits per heavy atom. The summed E-state index contributed by atoms with van der Waals surface area (Å²) >= 11 is 3.75. The molecule has 0 amide bonds. The number of hydrogen-bond acceptors (Lipinski definition) is 5. The number of hydrogen-bond donors (Lipinski definition) is 0. The summed E-state index contributed by atoms with van der Waals surface area (Å²) in [6.07, 6.45) is 1.64. The molecule has 0 aromatic carbocycles. The second kappa shape index (κ2) is 4.70. The Labute approximate surface area is 98.6 Å². The topological polar surface area (TPSA) is 29.5 Å². The summed E-state index contributed by atoms with van der Waals surface area (Å²) in [6.45, 7) is 5.54. The number of esters is 1. The van der Waals surface area contributed by atoms with Crippen LogP contribution in [-0.4, -0.2) is 40.4 Å². The van der Waals surface area contributed by atoms with Crippen LogP contribution in [0.1, 0.15) is 13.8 Å². The third kappa shape index (κ3) is 2.28. The first kappa shape index (κ1) is 11.2. The van der Waals surface area contributed by atoms with Crippen LogP contribution in [0.15, 0.2) is 11.1 Å². The lowest BCUT2D eigenvalue weighted by Gasteiger charge is -2.17. The van der Waals surface area contributed by atoms with E-state index < -0.39 is 0 Å². The Bertz CT molecular complexity index is 293. The number of ether oxygens (including phenoxy) is 1. The molecule has 5 heteroatoms. The van der Waals surface area contributed by atoms with E-state index in [9.17, 15) is 4.79 Å². The van der Waals surface area contributed by atoms with Crippen LogP contribution in [0.25, 0.3) is 0 Å². The second-order valence-corrected chi connectivity index (χ2v) is 6.13. The smallest absolute Gasteiger partial charge is 0.333 e. The summed E-state index contributed by atoms with van der Waals surface area (Å²) < 4.78 is 4.93. The zero-order chi connectivity index (χ0) is 10.8. The third-order valence-electron chi connectivity index (χ3n) is 2.45. The summed E-state index contributed by atoms with van der Waals surface area (Å²) in [5.41, 5.74) is 0. The van der Waals surface area contributed by atoms with Gasteiger partial charge < -0.3 is 9.64 Å². The van der Waals surface area contributed by atoms with Crippen molar-refractivity contribution in [1.82, 2.24) is 4.90 Å². The molecule has 2 fully saturated rings. The van der Waals surface area contributed by atoms with Crippen molar-refractivity contribution in [2.24, 2.45) is 0 Å². The van der Waals surface area contributed by atoms with Crippen LogP contribution in [0.2, 0.25) is 0 Å². The predicted octanol–water partition coefficient (Wildman–Crippen LogP) is 1.90. The fourth-order valence-electron chi connectivity index (χ4n) is 1.83. The second-order valence-electron chi connectivity index (χ2n) is 3.51. The minimum absolute atomic E-state index is 0.218. The molecular formula is C10H15NO2S2. The molecule has 0 aliphatic carbocycles. The van der Waals surface area contributed by atoms with E-state index >= 15 is 0 Å². The van der Waals surface area contributed by atoms with Crippen LogP contribution in [-0.2, 0) is 9.53 Å². The van der Waals surface area contributed by atoms with Crippen molar-refractivity contribution in [1.29, 1.82) is 0 Å². The van der Waals surface area contributed by atoms with E-state index in [-0.39, 0.29) is 5.97 Å². The van der Waals surface area contributed by atoms with Gasteiger partial charge in [-0.2, -0.15) is 0 Å². The average Bonchev–Trinajstić information content (AvgIpc) is 2.73. The number of thioether (sulfide) groups is 2. The first-order valence-electron chi connectivity index (χ1n) is 5.15. The molecule has 2 rings (SSSR count). The molecule has 0 spiro atoms. The van der Waals surface area contributed by atoms with E-state index in [0.29, 0.717) is 17.2 Å². The molecule has 0 aromatic rings. The van der Waals surface area contributed by atoms with Gasteiger partial charge in [-0.05, 0) is 6.92 Å². The van der Waals surface area contributed by atoms with E-state index in [4.69, 9.17) is 4.74 Å². The summed E-state index contributed by atoms with van der Waals surface area (Å²) in [4.78, 5) is 13.7. The molecule has 2 saturated heterocycles. The SMILES string of the molecule is CCOC(=O)/C=C1\SC(C)C2SCCN12. The molecule has 2 atom stereocenters. The highest BCUT2D eigenvalue weighted by Gasteiger charge is 2.39. The Morgan fingerprint density at radius 1 is 1.73 bits per heavy atom. The average molecular weight is 245 g/mol. The molecule has 0 aromatic heterocycles. The van der Waals surface area contributed by atoms with Gasteiger partial charge in [0.05, 0.1) is 23.1 Å². The van der Waals surface area contributed by atoms with Gasteiger partial charge in [0.15, 0.2) is 0 Å². The highest BCUT2D eigenvalue weighted by molar-refractivity contribution is 8.07. The predicted molar refractivity (Wildman–Crippen MR) is 64.7 cm³/mol. The molecular weight excluding hydrogens is 230 g/mol. The number of fused-ring (bicyclic) bond motifs is 1. The Morgan fingerprint density at radius 2 is 2.53 bits per heavy atom. The van der Waals surface area contributed by atoms with E-state index in [2.05, 4.69) is 11.8 Å². The van der Waals surface area contributed by atoms with Gasteiger partial charge in [0, 0.05) is 17.5 Å². The van der Waals surface area contributed by atoms with Gasteiger partial charge in [0.25, 0.3) is 0 Å². The largest absolute Gasteiger partial charge is 0.463 e. The van der Waals surface area contributed by atoms with Gasteiger partial charge >= 0.3 is 5.97 Å². The molecule has 2 aliphatic rings. The molecule has 0 N–H and O–H groups in total. The van der Waals surface area contributed by atoms with Gasteiger partial charge in [-0.1, -0.05) is 6.92 Å². The number of carbonyl (C=O) groups is 1. The van der Waals surface area contributed by atoms with Crippen molar-refractivity contribution < 1.29 is 9.53 Å². The highest BCUT2D eigenvalue weighted by atomic mass is 32.2. The van der Waals surface area contributed by atoms with E-state index in [1.54, 1.807) is 17.8 Å². The van der Waals surface area contributed by atoms with Crippen LogP contribution in [0.4, 0.5) is 0 Å². The maximum atomic E-state index is 11.3. The molecule has 2 unspecified atom stereocenters. The Kier molecular flexibility index (Phi) is 3.51. The zero-order valence-corrected chi connectivity index (χ0v) is 10.6. The maximum absolute atomic E-state index is 11.3. The fraction of sp³-hybridized carbons (Fsp3) is 0.700. The molecule has 2 aliphatic heterocycles. The number of nitrogens with zero attached hydrogens (tertiary/aromatic N) is 1. The van der Waals surface area contributed by atoms with E-state index in [1.165, 1.54) is 0 Å².